The van der Waals surface area contributed by atoms with Crippen molar-refractivity contribution in [1.82, 2.24) is 10.2 Å². The topological polar surface area (TPSA) is 69.6 Å². The van der Waals surface area contributed by atoms with E-state index < -0.39 is 5.97 Å². The molecule has 2 N–H and O–H groups in total. The number of carbonyl (C=O) groups excluding carboxylic acids is 1. The van der Waals surface area contributed by atoms with E-state index in [4.69, 9.17) is 5.11 Å². The minimum Gasteiger partial charge on any atom is -0.481 e. The normalized spacial score (nSPS) is 19.4. The largest absolute Gasteiger partial charge is 0.481 e. The van der Waals surface area contributed by atoms with E-state index in [0.717, 1.165) is 12.0 Å². The van der Waals surface area contributed by atoms with Gasteiger partial charge in [0, 0.05) is 6.54 Å². The fraction of sp³-hybridized carbons (Fsp3) is 0.579. The van der Waals surface area contributed by atoms with Gasteiger partial charge in [-0.15, -0.1) is 0 Å². The zero-order valence-corrected chi connectivity index (χ0v) is 14.8. The van der Waals surface area contributed by atoms with Gasteiger partial charge in [0.15, 0.2) is 0 Å². The molecule has 5 heteroatoms. The van der Waals surface area contributed by atoms with Gasteiger partial charge in [-0.3, -0.25) is 14.5 Å². The minimum absolute atomic E-state index is 0.0523. The Labute approximate surface area is 144 Å². The van der Waals surface area contributed by atoms with Gasteiger partial charge in [0.25, 0.3) is 0 Å². The number of nitrogens with one attached hydrogen (secondary N) is 1. The smallest absolute Gasteiger partial charge is 0.307 e. The lowest BCUT2D eigenvalue weighted by Crippen LogP contribution is -2.37. The van der Waals surface area contributed by atoms with Crippen molar-refractivity contribution in [2.24, 2.45) is 11.8 Å². The molecule has 1 aromatic carbocycles. The van der Waals surface area contributed by atoms with Crippen molar-refractivity contribution in [2.45, 2.75) is 39.7 Å². The maximum atomic E-state index is 12.2. The Morgan fingerprint density at radius 3 is 2.46 bits per heavy atom. The highest BCUT2D eigenvalue weighted by Gasteiger charge is 2.29. The van der Waals surface area contributed by atoms with E-state index in [2.05, 4.69) is 43.4 Å². The summed E-state index contributed by atoms with van der Waals surface area (Å²) in [6.07, 6.45) is 1.68. The average molecular weight is 332 g/mol. The summed E-state index contributed by atoms with van der Waals surface area (Å²) >= 11 is 0. The van der Waals surface area contributed by atoms with Gasteiger partial charge in [-0.2, -0.15) is 0 Å². The van der Waals surface area contributed by atoms with Crippen LogP contribution in [0.25, 0.3) is 0 Å². The summed E-state index contributed by atoms with van der Waals surface area (Å²) in [6.45, 7) is 7.76. The highest BCUT2D eigenvalue weighted by molar-refractivity contribution is 5.78. The van der Waals surface area contributed by atoms with E-state index in [0.29, 0.717) is 25.4 Å². The van der Waals surface area contributed by atoms with Crippen LogP contribution in [0.3, 0.4) is 0 Å². The molecule has 2 unspecified atom stereocenters. The molecular formula is C19H28N2O3. The highest BCUT2D eigenvalue weighted by atomic mass is 16.4. The van der Waals surface area contributed by atoms with Gasteiger partial charge in [0.2, 0.25) is 5.91 Å². The summed E-state index contributed by atoms with van der Waals surface area (Å²) < 4.78 is 0. The van der Waals surface area contributed by atoms with Crippen LogP contribution in [0.4, 0.5) is 0 Å². The van der Waals surface area contributed by atoms with Crippen LogP contribution in [0.15, 0.2) is 24.3 Å². The summed E-state index contributed by atoms with van der Waals surface area (Å²) in [5.41, 5.74) is 2.39. The quantitative estimate of drug-likeness (QED) is 0.805. The standard InChI is InChI=1S/C19H28N2O3/c1-13(2)10-15-4-6-16(7-5-15)14(3)20-18(22)12-21-9-8-17(11-21)19(23)24/h4-7,13-14,17H,8-12H2,1-3H3,(H,20,22)(H,23,24). The first-order valence-electron chi connectivity index (χ1n) is 8.68. The van der Waals surface area contributed by atoms with Crippen LogP contribution in [0.5, 0.6) is 0 Å². The zero-order chi connectivity index (χ0) is 17.7. The van der Waals surface area contributed by atoms with Gasteiger partial charge in [-0.1, -0.05) is 38.1 Å². The van der Waals surface area contributed by atoms with Crippen molar-refractivity contribution in [3.63, 3.8) is 0 Å². The number of amides is 1. The summed E-state index contributed by atoms with van der Waals surface area (Å²) in [7, 11) is 0. The van der Waals surface area contributed by atoms with Crippen LogP contribution in [0, 0.1) is 11.8 Å². The molecule has 2 atom stereocenters. The third-order valence-electron chi connectivity index (χ3n) is 4.49. The van der Waals surface area contributed by atoms with Crippen molar-refractivity contribution >= 4 is 11.9 Å². The predicted octanol–water partition coefficient (Wildman–Crippen LogP) is 2.47. The van der Waals surface area contributed by atoms with Crippen LogP contribution < -0.4 is 5.32 Å². The second kappa shape index (κ2) is 8.29. The number of aliphatic carboxylic acids is 1. The van der Waals surface area contributed by atoms with E-state index in [-0.39, 0.29) is 24.4 Å². The van der Waals surface area contributed by atoms with Crippen molar-refractivity contribution < 1.29 is 14.7 Å². The van der Waals surface area contributed by atoms with Crippen molar-refractivity contribution in [1.29, 1.82) is 0 Å². The van der Waals surface area contributed by atoms with Gasteiger partial charge in [-0.25, -0.2) is 0 Å². The van der Waals surface area contributed by atoms with Crippen molar-refractivity contribution in [3.8, 4) is 0 Å². The van der Waals surface area contributed by atoms with Gasteiger partial charge in [-0.05, 0) is 43.4 Å². The SMILES string of the molecule is CC(C)Cc1ccc(C(C)NC(=O)CN2CCC(C(=O)O)C2)cc1. The Bertz CT molecular complexity index is 568. The van der Waals surface area contributed by atoms with Gasteiger partial charge >= 0.3 is 5.97 Å². The molecule has 0 bridgehead atoms. The fourth-order valence-electron chi connectivity index (χ4n) is 3.17. The number of benzene rings is 1. The molecule has 1 saturated heterocycles. The second-order valence-corrected chi connectivity index (χ2v) is 7.19. The monoisotopic (exact) mass is 332 g/mol. The fourth-order valence-corrected chi connectivity index (χ4v) is 3.17. The molecule has 5 nitrogen and oxygen atoms in total. The lowest BCUT2D eigenvalue weighted by molar-refractivity contribution is -0.141. The number of nitrogens with zero attached hydrogens (tertiary/aromatic N) is 1. The van der Waals surface area contributed by atoms with Crippen molar-refractivity contribution in [3.05, 3.63) is 35.4 Å². The Morgan fingerprint density at radius 2 is 1.92 bits per heavy atom. The van der Waals surface area contributed by atoms with Crippen LogP contribution >= 0.6 is 0 Å². The molecule has 0 aromatic heterocycles. The molecule has 1 fully saturated rings. The van der Waals surface area contributed by atoms with E-state index in [9.17, 15) is 9.59 Å². The van der Waals surface area contributed by atoms with Crippen LogP contribution in [0.2, 0.25) is 0 Å². The van der Waals surface area contributed by atoms with Crippen LogP contribution in [0.1, 0.15) is 44.4 Å². The molecule has 0 saturated carbocycles. The lowest BCUT2D eigenvalue weighted by Gasteiger charge is -2.19. The van der Waals surface area contributed by atoms with Gasteiger partial charge < -0.3 is 10.4 Å². The minimum atomic E-state index is -0.771. The molecular weight excluding hydrogens is 304 g/mol. The van der Waals surface area contributed by atoms with Gasteiger partial charge in [0.1, 0.15) is 0 Å². The molecule has 0 aliphatic carbocycles. The van der Waals surface area contributed by atoms with Crippen LogP contribution in [-0.2, 0) is 16.0 Å². The Kier molecular flexibility index (Phi) is 6.37. The number of rotatable bonds is 7. The Hall–Kier alpha value is -1.88. The van der Waals surface area contributed by atoms with Crippen molar-refractivity contribution in [2.75, 3.05) is 19.6 Å². The number of hydrogen-bond acceptors (Lipinski definition) is 3. The number of carboxylic acid groups (broad SMARTS) is 1. The molecule has 24 heavy (non-hydrogen) atoms. The molecule has 132 valence electrons. The summed E-state index contributed by atoms with van der Waals surface area (Å²) in [6, 6.07) is 8.33. The molecule has 0 spiro atoms. The first-order valence-corrected chi connectivity index (χ1v) is 8.68. The number of hydrogen-bond donors (Lipinski definition) is 2. The third-order valence-corrected chi connectivity index (χ3v) is 4.49. The second-order valence-electron chi connectivity index (χ2n) is 7.19. The number of carboxylic acids is 1. The van der Waals surface area contributed by atoms with E-state index in [1.54, 1.807) is 0 Å². The first-order chi connectivity index (χ1) is 11.3. The molecule has 1 aliphatic heterocycles. The van der Waals surface area contributed by atoms with E-state index in [1.165, 1.54) is 5.56 Å². The van der Waals surface area contributed by atoms with Gasteiger partial charge in [0.05, 0.1) is 18.5 Å². The number of carbonyl (C=O) groups is 2. The molecule has 1 aromatic rings. The highest BCUT2D eigenvalue weighted by Crippen LogP contribution is 2.17. The van der Waals surface area contributed by atoms with E-state index >= 15 is 0 Å². The summed E-state index contributed by atoms with van der Waals surface area (Å²) in [4.78, 5) is 25.0. The molecule has 1 aliphatic rings. The molecule has 0 radical (unpaired) electrons. The maximum Gasteiger partial charge on any atom is 0.307 e. The molecule has 1 amide bonds. The predicted molar refractivity (Wildman–Crippen MR) is 93.7 cm³/mol. The van der Waals surface area contributed by atoms with E-state index in [1.807, 2.05) is 11.8 Å². The number of likely N-dealkylation sites (tertiary alicyclic amines) is 1. The Balaban J connectivity index is 1.82. The average Bonchev–Trinajstić information content (AvgIpc) is 2.95. The lowest BCUT2D eigenvalue weighted by atomic mass is 10.00. The Morgan fingerprint density at radius 1 is 1.25 bits per heavy atom. The maximum absolute atomic E-state index is 12.2. The first kappa shape index (κ1) is 18.5. The zero-order valence-electron chi connectivity index (χ0n) is 14.8. The summed E-state index contributed by atoms with van der Waals surface area (Å²) in [5, 5.41) is 12.0. The summed E-state index contributed by atoms with van der Waals surface area (Å²) in [5.74, 6) is -0.542. The molecule has 1 heterocycles. The third kappa shape index (κ3) is 5.34. The van der Waals surface area contributed by atoms with Crippen LogP contribution in [-0.4, -0.2) is 41.5 Å². The molecule has 2 rings (SSSR count).